The van der Waals surface area contributed by atoms with Crippen molar-refractivity contribution in [1.82, 2.24) is 0 Å². The molecule has 0 aliphatic rings. The van der Waals surface area contributed by atoms with Gasteiger partial charge in [0.15, 0.2) is 0 Å². The van der Waals surface area contributed by atoms with E-state index in [4.69, 9.17) is 9.47 Å². The van der Waals surface area contributed by atoms with Crippen LogP contribution < -0.4 is 0 Å². The Hall–Kier alpha value is -3.40. The first kappa shape index (κ1) is 20.9. The van der Waals surface area contributed by atoms with Crippen LogP contribution in [0.2, 0.25) is 0 Å². The average molecular weight is 376 g/mol. The van der Waals surface area contributed by atoms with E-state index in [1.807, 2.05) is 60.7 Å². The molecule has 2 aromatic rings. The van der Waals surface area contributed by atoms with E-state index in [1.54, 1.807) is 13.8 Å². The van der Waals surface area contributed by atoms with Crippen molar-refractivity contribution < 1.29 is 19.1 Å². The number of hydrogen-bond donors (Lipinski definition) is 0. The molecule has 0 saturated heterocycles. The molecule has 0 aliphatic carbocycles. The summed E-state index contributed by atoms with van der Waals surface area (Å²) < 4.78 is 9.92. The largest absolute Gasteiger partial charge is 0.462 e. The number of rotatable bonds is 8. The Bertz CT molecular complexity index is 812. The summed E-state index contributed by atoms with van der Waals surface area (Å²) in [6, 6.07) is 15.0. The summed E-state index contributed by atoms with van der Waals surface area (Å²) in [6.45, 7) is 11.7. The second-order valence-electron chi connectivity index (χ2n) is 5.98. The highest BCUT2D eigenvalue weighted by Gasteiger charge is 2.10. The van der Waals surface area contributed by atoms with Gasteiger partial charge in [0.1, 0.15) is 0 Å². The van der Waals surface area contributed by atoms with Crippen LogP contribution in [0.25, 0.3) is 23.3 Å². The first-order valence-corrected chi connectivity index (χ1v) is 9.07. The lowest BCUT2D eigenvalue weighted by atomic mass is 10.0. The smallest absolute Gasteiger partial charge is 0.338 e. The molecule has 0 atom stereocenters. The van der Waals surface area contributed by atoms with Crippen LogP contribution in [0.1, 0.15) is 36.1 Å². The predicted molar refractivity (Wildman–Crippen MR) is 113 cm³/mol. The van der Waals surface area contributed by atoms with Gasteiger partial charge < -0.3 is 9.47 Å². The van der Waals surface area contributed by atoms with Crippen molar-refractivity contribution in [2.75, 3.05) is 13.2 Å². The summed E-state index contributed by atoms with van der Waals surface area (Å²) in [5, 5.41) is 0. The van der Waals surface area contributed by atoms with E-state index in [-0.39, 0.29) is 0 Å². The van der Waals surface area contributed by atoms with Gasteiger partial charge in [-0.15, -0.1) is 0 Å². The van der Waals surface area contributed by atoms with E-state index in [2.05, 4.69) is 13.2 Å². The molecule has 4 nitrogen and oxygen atoms in total. The standard InChI is InChI=1S/C24H24O4/c1-5-27-23(25)17(3)21-13-9-19(10-14-21)7-8-20-11-15-22(16-12-20)18(4)24(26)28-6-2/h7-16H,3-6H2,1-2H3/b8-7+. The summed E-state index contributed by atoms with van der Waals surface area (Å²) >= 11 is 0. The van der Waals surface area contributed by atoms with E-state index in [9.17, 15) is 9.59 Å². The molecular formula is C24H24O4. The van der Waals surface area contributed by atoms with Gasteiger partial charge in [-0.25, -0.2) is 9.59 Å². The van der Waals surface area contributed by atoms with Gasteiger partial charge in [-0.3, -0.25) is 0 Å². The number of esters is 2. The Kier molecular flexibility index (Phi) is 7.52. The Labute approximate surface area is 165 Å². The van der Waals surface area contributed by atoms with Crippen molar-refractivity contribution in [3.05, 3.63) is 83.9 Å². The lowest BCUT2D eigenvalue weighted by Crippen LogP contribution is -2.05. The van der Waals surface area contributed by atoms with Gasteiger partial charge in [0.2, 0.25) is 0 Å². The summed E-state index contributed by atoms with van der Waals surface area (Å²) in [5.41, 5.74) is 4.13. The lowest BCUT2D eigenvalue weighted by molar-refractivity contribution is -0.136. The Balaban J connectivity index is 2.03. The van der Waals surface area contributed by atoms with Crippen LogP contribution in [-0.4, -0.2) is 25.2 Å². The summed E-state index contributed by atoms with van der Waals surface area (Å²) in [7, 11) is 0. The monoisotopic (exact) mass is 376 g/mol. The van der Waals surface area contributed by atoms with Gasteiger partial charge in [-0.2, -0.15) is 0 Å². The van der Waals surface area contributed by atoms with Crippen molar-refractivity contribution in [3.63, 3.8) is 0 Å². The third kappa shape index (κ3) is 5.55. The number of carbonyl (C=O) groups excluding carboxylic acids is 2. The van der Waals surface area contributed by atoms with Crippen LogP contribution in [-0.2, 0) is 19.1 Å². The molecule has 0 aliphatic heterocycles. The average Bonchev–Trinajstić information content (AvgIpc) is 2.72. The lowest BCUT2D eigenvalue weighted by Gasteiger charge is -2.06. The van der Waals surface area contributed by atoms with Crippen molar-refractivity contribution in [1.29, 1.82) is 0 Å². The SMILES string of the molecule is C=C(C(=O)OCC)c1ccc(/C=C/c2ccc(C(=C)C(=O)OCC)cc2)cc1. The molecular weight excluding hydrogens is 352 g/mol. The molecule has 0 saturated carbocycles. The molecule has 28 heavy (non-hydrogen) atoms. The molecule has 144 valence electrons. The normalized spacial score (nSPS) is 10.5. The van der Waals surface area contributed by atoms with E-state index >= 15 is 0 Å². The van der Waals surface area contributed by atoms with E-state index < -0.39 is 11.9 Å². The highest BCUT2D eigenvalue weighted by atomic mass is 16.5. The van der Waals surface area contributed by atoms with Crippen LogP contribution in [0.3, 0.4) is 0 Å². The zero-order valence-corrected chi connectivity index (χ0v) is 16.2. The summed E-state index contributed by atoms with van der Waals surface area (Å²) in [4.78, 5) is 23.4. The number of hydrogen-bond acceptors (Lipinski definition) is 4. The van der Waals surface area contributed by atoms with Gasteiger partial charge in [0, 0.05) is 0 Å². The van der Waals surface area contributed by atoms with Crippen molar-refractivity contribution in [3.8, 4) is 0 Å². The minimum Gasteiger partial charge on any atom is -0.462 e. The zero-order chi connectivity index (χ0) is 20.5. The molecule has 0 spiro atoms. The van der Waals surface area contributed by atoms with Gasteiger partial charge >= 0.3 is 11.9 Å². The van der Waals surface area contributed by atoms with Gasteiger partial charge in [-0.1, -0.05) is 73.8 Å². The van der Waals surface area contributed by atoms with E-state index in [1.165, 1.54) is 0 Å². The van der Waals surface area contributed by atoms with Gasteiger partial charge in [0.25, 0.3) is 0 Å². The molecule has 0 aromatic heterocycles. The third-order valence-corrected chi connectivity index (χ3v) is 4.03. The second kappa shape index (κ2) is 10.1. The zero-order valence-electron chi connectivity index (χ0n) is 16.2. The third-order valence-electron chi connectivity index (χ3n) is 4.03. The number of ether oxygens (including phenoxy) is 2. The Morgan fingerprint density at radius 1 is 0.714 bits per heavy atom. The van der Waals surface area contributed by atoms with Crippen LogP contribution in [0, 0.1) is 0 Å². The quantitative estimate of drug-likeness (QED) is 0.369. The van der Waals surface area contributed by atoms with E-state index in [0.29, 0.717) is 24.4 Å². The molecule has 4 heteroatoms. The van der Waals surface area contributed by atoms with Crippen LogP contribution in [0.4, 0.5) is 0 Å². The Morgan fingerprint density at radius 2 is 1.04 bits per heavy atom. The maximum atomic E-state index is 11.7. The second-order valence-corrected chi connectivity index (χ2v) is 5.98. The molecule has 0 heterocycles. The fraction of sp³-hybridized carbons (Fsp3) is 0.167. The minimum absolute atomic E-state index is 0.324. The van der Waals surface area contributed by atoms with Gasteiger partial charge in [-0.05, 0) is 36.1 Å². The van der Waals surface area contributed by atoms with E-state index in [0.717, 1.165) is 22.3 Å². The minimum atomic E-state index is -0.407. The fourth-order valence-corrected chi connectivity index (χ4v) is 2.46. The number of benzene rings is 2. The summed E-state index contributed by atoms with van der Waals surface area (Å²) in [6.07, 6.45) is 3.93. The highest BCUT2D eigenvalue weighted by molar-refractivity contribution is 6.16. The topological polar surface area (TPSA) is 52.6 Å². The fourth-order valence-electron chi connectivity index (χ4n) is 2.46. The van der Waals surface area contributed by atoms with Crippen molar-refractivity contribution in [2.24, 2.45) is 0 Å². The molecule has 0 bridgehead atoms. The van der Waals surface area contributed by atoms with Crippen molar-refractivity contribution >= 4 is 35.2 Å². The Morgan fingerprint density at radius 3 is 1.32 bits per heavy atom. The van der Waals surface area contributed by atoms with Gasteiger partial charge in [0.05, 0.1) is 24.4 Å². The van der Waals surface area contributed by atoms with Crippen LogP contribution >= 0.6 is 0 Å². The summed E-state index contributed by atoms with van der Waals surface area (Å²) in [5.74, 6) is -0.814. The molecule has 0 fully saturated rings. The maximum Gasteiger partial charge on any atom is 0.338 e. The van der Waals surface area contributed by atoms with Crippen LogP contribution in [0.5, 0.6) is 0 Å². The molecule has 2 aromatic carbocycles. The molecule has 0 amide bonds. The molecule has 0 N–H and O–H groups in total. The molecule has 0 unspecified atom stereocenters. The first-order valence-electron chi connectivity index (χ1n) is 9.07. The molecule has 2 rings (SSSR count). The molecule has 0 radical (unpaired) electrons. The highest BCUT2D eigenvalue weighted by Crippen LogP contribution is 2.18. The van der Waals surface area contributed by atoms with Crippen LogP contribution in [0.15, 0.2) is 61.7 Å². The predicted octanol–water partition coefficient (Wildman–Crippen LogP) is 5.01. The first-order chi connectivity index (χ1) is 13.5. The van der Waals surface area contributed by atoms with Crippen molar-refractivity contribution in [2.45, 2.75) is 13.8 Å². The maximum absolute atomic E-state index is 11.7. The number of carbonyl (C=O) groups is 2.